The summed E-state index contributed by atoms with van der Waals surface area (Å²) in [7, 11) is 0. The van der Waals surface area contributed by atoms with Gasteiger partial charge in [-0.3, -0.25) is 4.79 Å². The molecule has 0 radical (unpaired) electrons. The molecule has 0 spiro atoms. The second-order valence-electron chi connectivity index (χ2n) is 4.61. The van der Waals surface area contributed by atoms with Crippen molar-refractivity contribution in [1.82, 2.24) is 0 Å². The highest BCUT2D eigenvalue weighted by atomic mass is 32.2. The SMILES string of the molecule is CSCCC(=O)OCCCC1CCCCC1. The largest absolute Gasteiger partial charge is 0.466 e. The first-order chi connectivity index (χ1) is 7.83. The summed E-state index contributed by atoms with van der Waals surface area (Å²) in [4.78, 5) is 11.2. The van der Waals surface area contributed by atoms with E-state index in [0.29, 0.717) is 13.0 Å². The number of hydrogen-bond donors (Lipinski definition) is 0. The van der Waals surface area contributed by atoms with Gasteiger partial charge in [0.25, 0.3) is 0 Å². The smallest absolute Gasteiger partial charge is 0.306 e. The molecule has 0 amide bonds. The van der Waals surface area contributed by atoms with Gasteiger partial charge in [0.2, 0.25) is 0 Å². The van der Waals surface area contributed by atoms with Crippen LogP contribution >= 0.6 is 11.8 Å². The Labute approximate surface area is 104 Å². The van der Waals surface area contributed by atoms with Crippen LogP contribution in [0.4, 0.5) is 0 Å². The molecule has 1 fully saturated rings. The Hall–Kier alpha value is -0.180. The van der Waals surface area contributed by atoms with Gasteiger partial charge in [-0.25, -0.2) is 0 Å². The van der Waals surface area contributed by atoms with Gasteiger partial charge in [0.05, 0.1) is 13.0 Å². The molecule has 0 bridgehead atoms. The molecular formula is C13H24O2S. The molecule has 1 saturated carbocycles. The van der Waals surface area contributed by atoms with Crippen molar-refractivity contribution >= 4 is 17.7 Å². The van der Waals surface area contributed by atoms with E-state index in [1.807, 2.05) is 6.26 Å². The lowest BCUT2D eigenvalue weighted by molar-refractivity contribution is -0.143. The summed E-state index contributed by atoms with van der Waals surface area (Å²) in [6.07, 6.45) is 11.9. The van der Waals surface area contributed by atoms with Crippen molar-refractivity contribution in [2.45, 2.75) is 51.4 Å². The highest BCUT2D eigenvalue weighted by molar-refractivity contribution is 7.98. The van der Waals surface area contributed by atoms with E-state index >= 15 is 0 Å². The van der Waals surface area contributed by atoms with Crippen LogP contribution < -0.4 is 0 Å². The summed E-state index contributed by atoms with van der Waals surface area (Å²) in [6.45, 7) is 0.629. The van der Waals surface area contributed by atoms with Gasteiger partial charge in [0.1, 0.15) is 0 Å². The molecule has 0 heterocycles. The number of carbonyl (C=O) groups is 1. The zero-order valence-corrected chi connectivity index (χ0v) is 11.2. The molecule has 3 heteroatoms. The van der Waals surface area contributed by atoms with E-state index in [4.69, 9.17) is 4.74 Å². The number of esters is 1. The van der Waals surface area contributed by atoms with Crippen molar-refractivity contribution < 1.29 is 9.53 Å². The molecule has 1 aliphatic rings. The predicted octanol–water partition coefficient (Wildman–Crippen LogP) is 3.64. The van der Waals surface area contributed by atoms with Crippen molar-refractivity contribution in [2.75, 3.05) is 18.6 Å². The second kappa shape index (κ2) is 8.91. The zero-order chi connectivity index (χ0) is 11.6. The van der Waals surface area contributed by atoms with Crippen molar-refractivity contribution in [3.8, 4) is 0 Å². The molecule has 0 aromatic rings. The van der Waals surface area contributed by atoms with Gasteiger partial charge < -0.3 is 4.74 Å². The second-order valence-corrected chi connectivity index (χ2v) is 5.60. The van der Waals surface area contributed by atoms with E-state index in [1.54, 1.807) is 11.8 Å². The van der Waals surface area contributed by atoms with E-state index in [2.05, 4.69) is 0 Å². The zero-order valence-electron chi connectivity index (χ0n) is 10.4. The lowest BCUT2D eigenvalue weighted by Gasteiger charge is -2.21. The molecule has 0 aliphatic heterocycles. The Morgan fingerprint density at radius 3 is 2.75 bits per heavy atom. The summed E-state index contributed by atoms with van der Waals surface area (Å²) in [5.41, 5.74) is 0. The van der Waals surface area contributed by atoms with E-state index in [-0.39, 0.29) is 5.97 Å². The third kappa shape index (κ3) is 6.41. The summed E-state index contributed by atoms with van der Waals surface area (Å²) in [5, 5.41) is 0. The number of thioether (sulfide) groups is 1. The van der Waals surface area contributed by atoms with Crippen LogP contribution in [-0.4, -0.2) is 24.6 Å². The van der Waals surface area contributed by atoms with E-state index in [1.165, 1.54) is 38.5 Å². The van der Waals surface area contributed by atoms with Crippen LogP contribution in [0.1, 0.15) is 51.4 Å². The van der Waals surface area contributed by atoms with Crippen molar-refractivity contribution in [1.29, 1.82) is 0 Å². The molecule has 1 rings (SSSR count). The van der Waals surface area contributed by atoms with Crippen LogP contribution in [-0.2, 0) is 9.53 Å². The molecule has 0 aromatic carbocycles. The third-order valence-electron chi connectivity index (χ3n) is 3.25. The molecular weight excluding hydrogens is 220 g/mol. The Morgan fingerprint density at radius 2 is 2.06 bits per heavy atom. The Morgan fingerprint density at radius 1 is 1.31 bits per heavy atom. The predicted molar refractivity (Wildman–Crippen MR) is 69.8 cm³/mol. The van der Waals surface area contributed by atoms with Crippen LogP contribution in [0.25, 0.3) is 0 Å². The fraction of sp³-hybridized carbons (Fsp3) is 0.923. The lowest BCUT2D eigenvalue weighted by Crippen LogP contribution is -2.10. The van der Waals surface area contributed by atoms with Gasteiger partial charge in [-0.1, -0.05) is 32.1 Å². The van der Waals surface area contributed by atoms with Crippen LogP contribution in [0.5, 0.6) is 0 Å². The maximum atomic E-state index is 11.2. The van der Waals surface area contributed by atoms with E-state index in [9.17, 15) is 4.79 Å². The Bertz CT molecular complexity index is 188. The van der Waals surface area contributed by atoms with Crippen LogP contribution in [0.3, 0.4) is 0 Å². The fourth-order valence-corrected chi connectivity index (χ4v) is 2.66. The first-order valence-electron chi connectivity index (χ1n) is 6.47. The lowest BCUT2D eigenvalue weighted by atomic mass is 9.86. The first-order valence-corrected chi connectivity index (χ1v) is 7.87. The van der Waals surface area contributed by atoms with E-state index < -0.39 is 0 Å². The highest BCUT2D eigenvalue weighted by Crippen LogP contribution is 2.27. The van der Waals surface area contributed by atoms with Crippen LogP contribution in [0.15, 0.2) is 0 Å². The van der Waals surface area contributed by atoms with Crippen LogP contribution in [0, 0.1) is 5.92 Å². The molecule has 0 N–H and O–H groups in total. The molecule has 16 heavy (non-hydrogen) atoms. The van der Waals surface area contributed by atoms with Crippen molar-refractivity contribution in [2.24, 2.45) is 5.92 Å². The Kier molecular flexibility index (Phi) is 7.73. The standard InChI is InChI=1S/C13H24O2S/c1-16-11-9-13(14)15-10-5-8-12-6-3-2-4-7-12/h12H,2-11H2,1H3. The molecule has 0 aromatic heterocycles. The summed E-state index contributed by atoms with van der Waals surface area (Å²) in [6, 6.07) is 0. The molecule has 94 valence electrons. The maximum absolute atomic E-state index is 11.2. The molecule has 0 atom stereocenters. The first kappa shape index (κ1) is 13.9. The minimum Gasteiger partial charge on any atom is -0.466 e. The van der Waals surface area contributed by atoms with Crippen molar-refractivity contribution in [3.05, 3.63) is 0 Å². The van der Waals surface area contributed by atoms with Gasteiger partial charge in [-0.15, -0.1) is 0 Å². The minimum absolute atomic E-state index is 0.0296. The number of hydrogen-bond acceptors (Lipinski definition) is 3. The van der Waals surface area contributed by atoms with Gasteiger partial charge in [0, 0.05) is 5.75 Å². The number of ether oxygens (including phenoxy) is 1. The highest BCUT2D eigenvalue weighted by Gasteiger charge is 2.12. The van der Waals surface area contributed by atoms with Crippen molar-refractivity contribution in [3.63, 3.8) is 0 Å². The minimum atomic E-state index is -0.0296. The average molecular weight is 244 g/mol. The summed E-state index contributed by atoms with van der Waals surface area (Å²) in [5.74, 6) is 1.75. The van der Waals surface area contributed by atoms with Crippen LogP contribution in [0.2, 0.25) is 0 Å². The number of carbonyl (C=O) groups excluding carboxylic acids is 1. The van der Waals surface area contributed by atoms with E-state index in [0.717, 1.165) is 18.1 Å². The quantitative estimate of drug-likeness (QED) is 0.505. The topological polar surface area (TPSA) is 26.3 Å². The average Bonchev–Trinajstić information content (AvgIpc) is 2.33. The third-order valence-corrected chi connectivity index (χ3v) is 3.87. The molecule has 0 unspecified atom stereocenters. The normalized spacial score (nSPS) is 17.3. The van der Waals surface area contributed by atoms with Gasteiger partial charge in [-0.05, 0) is 25.0 Å². The monoisotopic (exact) mass is 244 g/mol. The fourth-order valence-electron chi connectivity index (χ4n) is 2.29. The van der Waals surface area contributed by atoms with Gasteiger partial charge in [0.15, 0.2) is 0 Å². The van der Waals surface area contributed by atoms with Gasteiger partial charge >= 0.3 is 5.97 Å². The summed E-state index contributed by atoms with van der Waals surface area (Å²) >= 11 is 1.69. The molecule has 0 saturated heterocycles. The summed E-state index contributed by atoms with van der Waals surface area (Å²) < 4.78 is 5.18. The molecule has 1 aliphatic carbocycles. The van der Waals surface area contributed by atoms with Gasteiger partial charge in [-0.2, -0.15) is 11.8 Å². The Balaban J connectivity index is 1.92. The maximum Gasteiger partial charge on any atom is 0.306 e. The number of rotatable bonds is 7. The molecule has 2 nitrogen and oxygen atoms in total.